The van der Waals surface area contributed by atoms with Gasteiger partial charge in [-0.25, -0.2) is 0 Å². The summed E-state index contributed by atoms with van der Waals surface area (Å²) in [5, 5.41) is 0. The summed E-state index contributed by atoms with van der Waals surface area (Å²) in [5.74, 6) is 0.825. The minimum Gasteiger partial charge on any atom is -0.359 e. The van der Waals surface area contributed by atoms with Crippen LogP contribution in [0.4, 0.5) is 0 Å². The normalized spacial score (nSPS) is 18.9. The van der Waals surface area contributed by atoms with E-state index in [1.54, 1.807) is 7.11 Å². The van der Waals surface area contributed by atoms with E-state index in [1.807, 2.05) is 0 Å². The average Bonchev–Trinajstić information content (AvgIpc) is 2.19. The third kappa shape index (κ3) is 4.31. The number of hydrogen-bond donors (Lipinski definition) is 0. The Morgan fingerprint density at radius 1 is 1.40 bits per heavy atom. The molecule has 0 radical (unpaired) electrons. The van der Waals surface area contributed by atoms with Crippen molar-refractivity contribution >= 4 is 5.78 Å². The fourth-order valence-corrected chi connectivity index (χ4v) is 1.99. The van der Waals surface area contributed by atoms with E-state index in [2.05, 4.69) is 6.92 Å². The fourth-order valence-electron chi connectivity index (χ4n) is 1.99. The average molecular weight is 214 g/mol. The van der Waals surface area contributed by atoms with E-state index in [0.29, 0.717) is 31.3 Å². The van der Waals surface area contributed by atoms with Crippen LogP contribution in [0.3, 0.4) is 0 Å². The molecule has 15 heavy (non-hydrogen) atoms. The lowest BCUT2D eigenvalue weighted by molar-refractivity contribution is -0.140. The van der Waals surface area contributed by atoms with Gasteiger partial charge in [-0.1, -0.05) is 26.2 Å². The topological polar surface area (TPSA) is 35.5 Å². The molecule has 0 N–H and O–H groups in total. The van der Waals surface area contributed by atoms with Crippen LogP contribution in [0.2, 0.25) is 0 Å². The van der Waals surface area contributed by atoms with Crippen molar-refractivity contribution < 1.29 is 14.3 Å². The molecule has 1 rings (SSSR count). The van der Waals surface area contributed by atoms with Crippen molar-refractivity contribution in [2.45, 2.75) is 51.6 Å². The summed E-state index contributed by atoms with van der Waals surface area (Å²) >= 11 is 0. The lowest BCUT2D eigenvalue weighted by Crippen LogP contribution is -2.36. The summed E-state index contributed by atoms with van der Waals surface area (Å²) in [6.45, 7) is 2.54. The summed E-state index contributed by atoms with van der Waals surface area (Å²) in [7, 11) is 1.63. The van der Waals surface area contributed by atoms with Gasteiger partial charge in [0.2, 0.25) is 0 Å². The number of rotatable bonds is 8. The molecular weight excluding hydrogens is 192 g/mol. The smallest absolute Gasteiger partial charge is 0.146 e. The Bertz CT molecular complexity index is 183. The molecule has 1 fully saturated rings. The lowest BCUT2D eigenvalue weighted by atomic mass is 9.78. The van der Waals surface area contributed by atoms with Gasteiger partial charge in [0.05, 0.1) is 6.10 Å². The molecular formula is C12H22O3. The second-order valence-electron chi connectivity index (χ2n) is 4.31. The molecule has 0 amide bonds. The van der Waals surface area contributed by atoms with E-state index >= 15 is 0 Å². The van der Waals surface area contributed by atoms with E-state index in [4.69, 9.17) is 9.47 Å². The molecule has 0 aliphatic heterocycles. The molecule has 1 saturated carbocycles. The summed E-state index contributed by atoms with van der Waals surface area (Å²) in [5.41, 5.74) is 0. The summed E-state index contributed by atoms with van der Waals surface area (Å²) in [4.78, 5) is 10.9. The number of carbonyl (C=O) groups is 1. The van der Waals surface area contributed by atoms with Crippen LogP contribution in [0.5, 0.6) is 0 Å². The molecule has 1 aliphatic carbocycles. The Morgan fingerprint density at radius 2 is 2.13 bits per heavy atom. The van der Waals surface area contributed by atoms with Gasteiger partial charge in [0.25, 0.3) is 0 Å². The maximum absolute atomic E-state index is 10.9. The molecule has 0 saturated heterocycles. The zero-order valence-electron chi connectivity index (χ0n) is 9.83. The minimum absolute atomic E-state index is 0.231. The third-order valence-corrected chi connectivity index (χ3v) is 3.00. The van der Waals surface area contributed by atoms with Gasteiger partial charge in [0, 0.05) is 20.0 Å². The van der Waals surface area contributed by atoms with Gasteiger partial charge in [-0.2, -0.15) is 0 Å². The Kier molecular flexibility index (Phi) is 5.88. The van der Waals surface area contributed by atoms with Gasteiger partial charge in [-0.3, -0.25) is 4.79 Å². The summed E-state index contributed by atoms with van der Waals surface area (Å²) < 4.78 is 10.5. The lowest BCUT2D eigenvalue weighted by Gasteiger charge is -2.32. The van der Waals surface area contributed by atoms with E-state index < -0.39 is 0 Å². The largest absolute Gasteiger partial charge is 0.359 e. The maximum Gasteiger partial charge on any atom is 0.146 e. The molecule has 1 atom stereocenters. The summed E-state index contributed by atoms with van der Waals surface area (Å²) in [6.07, 6.45) is 6.37. The Hall–Kier alpha value is -0.410. The predicted octanol–water partition coefficient (Wildman–Crippen LogP) is 2.53. The first-order valence-corrected chi connectivity index (χ1v) is 5.90. The van der Waals surface area contributed by atoms with E-state index in [0.717, 1.165) is 6.42 Å². The Labute approximate surface area is 92.1 Å². The Morgan fingerprint density at radius 3 is 2.67 bits per heavy atom. The molecule has 3 heteroatoms. The van der Waals surface area contributed by atoms with Gasteiger partial charge in [-0.15, -0.1) is 0 Å². The second kappa shape index (κ2) is 6.96. The van der Waals surface area contributed by atoms with E-state index in [1.165, 1.54) is 19.3 Å². The SMILES string of the molecule is CCCCC[C@@H](OCOC)C1CC(=O)C1. The van der Waals surface area contributed by atoms with Gasteiger partial charge in [-0.05, 0) is 12.3 Å². The van der Waals surface area contributed by atoms with Gasteiger partial charge in [0.15, 0.2) is 0 Å². The number of Topliss-reactive ketones (excluding diaryl/α,β-unsaturated/α-hetero) is 1. The zero-order valence-corrected chi connectivity index (χ0v) is 9.83. The first-order chi connectivity index (χ1) is 7.27. The van der Waals surface area contributed by atoms with Gasteiger partial charge in [0.1, 0.15) is 12.6 Å². The van der Waals surface area contributed by atoms with Crippen LogP contribution in [-0.4, -0.2) is 25.8 Å². The number of ketones is 1. The van der Waals surface area contributed by atoms with Crippen molar-refractivity contribution in [3.63, 3.8) is 0 Å². The molecule has 88 valence electrons. The highest BCUT2D eigenvalue weighted by molar-refractivity contribution is 5.84. The molecule has 0 unspecified atom stereocenters. The van der Waals surface area contributed by atoms with Crippen LogP contribution >= 0.6 is 0 Å². The van der Waals surface area contributed by atoms with Crippen LogP contribution in [0, 0.1) is 5.92 Å². The van der Waals surface area contributed by atoms with Crippen LogP contribution < -0.4 is 0 Å². The van der Waals surface area contributed by atoms with Crippen molar-refractivity contribution in [1.29, 1.82) is 0 Å². The third-order valence-electron chi connectivity index (χ3n) is 3.00. The fraction of sp³-hybridized carbons (Fsp3) is 0.917. The highest BCUT2D eigenvalue weighted by Gasteiger charge is 2.33. The molecule has 0 aromatic rings. The highest BCUT2D eigenvalue weighted by Crippen LogP contribution is 2.30. The molecule has 1 aliphatic rings. The number of methoxy groups -OCH3 is 1. The molecule has 0 aromatic carbocycles. The standard InChI is InChI=1S/C12H22O3/c1-3-4-5-6-12(15-9-14-2)10-7-11(13)8-10/h10,12H,3-9H2,1-2H3/t12-/m1/s1. The first kappa shape index (κ1) is 12.7. The van der Waals surface area contributed by atoms with Crippen molar-refractivity contribution in [3.8, 4) is 0 Å². The van der Waals surface area contributed by atoms with Crippen molar-refractivity contribution in [2.24, 2.45) is 5.92 Å². The van der Waals surface area contributed by atoms with E-state index in [9.17, 15) is 4.79 Å². The minimum atomic E-state index is 0.231. The molecule has 0 aromatic heterocycles. The van der Waals surface area contributed by atoms with Crippen LogP contribution in [0.1, 0.15) is 45.4 Å². The predicted molar refractivity (Wildman–Crippen MR) is 58.6 cm³/mol. The number of carbonyl (C=O) groups excluding carboxylic acids is 1. The van der Waals surface area contributed by atoms with Gasteiger partial charge >= 0.3 is 0 Å². The van der Waals surface area contributed by atoms with E-state index in [-0.39, 0.29) is 6.10 Å². The van der Waals surface area contributed by atoms with Crippen LogP contribution in [0.25, 0.3) is 0 Å². The molecule has 0 bridgehead atoms. The molecule has 0 heterocycles. The van der Waals surface area contributed by atoms with Gasteiger partial charge < -0.3 is 9.47 Å². The first-order valence-electron chi connectivity index (χ1n) is 5.90. The highest BCUT2D eigenvalue weighted by atomic mass is 16.7. The quantitative estimate of drug-likeness (QED) is 0.460. The molecule has 0 spiro atoms. The van der Waals surface area contributed by atoms with Crippen molar-refractivity contribution in [2.75, 3.05) is 13.9 Å². The maximum atomic E-state index is 10.9. The van der Waals surface area contributed by atoms with Crippen LogP contribution in [0.15, 0.2) is 0 Å². The number of hydrogen-bond acceptors (Lipinski definition) is 3. The number of unbranched alkanes of at least 4 members (excludes halogenated alkanes) is 2. The van der Waals surface area contributed by atoms with Crippen molar-refractivity contribution in [1.82, 2.24) is 0 Å². The van der Waals surface area contributed by atoms with Crippen molar-refractivity contribution in [3.05, 3.63) is 0 Å². The Balaban J connectivity index is 2.22. The zero-order chi connectivity index (χ0) is 11.1. The number of ether oxygens (including phenoxy) is 2. The monoisotopic (exact) mass is 214 g/mol. The molecule has 3 nitrogen and oxygen atoms in total. The summed E-state index contributed by atoms with van der Waals surface area (Å²) in [6, 6.07) is 0. The second-order valence-corrected chi connectivity index (χ2v) is 4.31. The van der Waals surface area contributed by atoms with Crippen LogP contribution in [-0.2, 0) is 14.3 Å².